The molecule has 4 nitrogen and oxygen atoms in total. The van der Waals surface area contributed by atoms with Gasteiger partial charge in [0.2, 0.25) is 5.01 Å². The average molecular weight is 332 g/mol. The molecule has 1 aromatic carbocycles. The number of anilines is 1. The van der Waals surface area contributed by atoms with Crippen molar-refractivity contribution < 1.29 is 9.53 Å². The first kappa shape index (κ1) is 17.5. The molecule has 1 heterocycles. The molecule has 0 radical (unpaired) electrons. The van der Waals surface area contributed by atoms with Crippen LogP contribution in [0.1, 0.15) is 46.2 Å². The van der Waals surface area contributed by atoms with Gasteiger partial charge in [0.05, 0.1) is 12.3 Å². The van der Waals surface area contributed by atoms with E-state index < -0.39 is 0 Å². The SMILES string of the molecule is CCCN(C)c1cccc(Cc2sc(C(=O)OCC)nc2C)c1. The normalized spacial score (nSPS) is 10.6. The standard InChI is InChI=1S/C18H24N2O2S/c1-5-10-20(4)15-9-7-8-14(11-15)12-16-13(3)19-17(23-16)18(21)22-6-2/h7-9,11H,5-6,10,12H2,1-4H3. The number of hydrogen-bond donors (Lipinski definition) is 0. The Morgan fingerprint density at radius 3 is 2.83 bits per heavy atom. The summed E-state index contributed by atoms with van der Waals surface area (Å²) in [6.07, 6.45) is 1.91. The molecule has 2 rings (SSSR count). The summed E-state index contributed by atoms with van der Waals surface area (Å²) in [5.41, 5.74) is 3.36. The lowest BCUT2D eigenvalue weighted by molar-refractivity contribution is 0.0525. The number of nitrogens with zero attached hydrogens (tertiary/aromatic N) is 2. The average Bonchev–Trinajstić information content (AvgIpc) is 2.89. The van der Waals surface area contributed by atoms with Crippen LogP contribution >= 0.6 is 11.3 Å². The maximum atomic E-state index is 11.8. The molecule has 0 atom stereocenters. The molecule has 5 heteroatoms. The second kappa shape index (κ2) is 8.11. The second-order valence-electron chi connectivity index (χ2n) is 5.52. The van der Waals surface area contributed by atoms with E-state index in [0.717, 1.165) is 30.0 Å². The van der Waals surface area contributed by atoms with Crippen molar-refractivity contribution in [2.75, 3.05) is 25.1 Å². The Morgan fingerprint density at radius 1 is 1.35 bits per heavy atom. The third kappa shape index (κ3) is 4.55. The van der Waals surface area contributed by atoms with Gasteiger partial charge in [-0.25, -0.2) is 9.78 Å². The number of carbonyl (C=O) groups excluding carboxylic acids is 1. The van der Waals surface area contributed by atoms with Gasteiger partial charge in [0, 0.05) is 30.6 Å². The molecular formula is C18H24N2O2S. The van der Waals surface area contributed by atoms with Crippen LogP contribution < -0.4 is 4.90 Å². The Hall–Kier alpha value is -1.88. The number of ether oxygens (including phenoxy) is 1. The van der Waals surface area contributed by atoms with Crippen LogP contribution in [-0.2, 0) is 11.2 Å². The van der Waals surface area contributed by atoms with E-state index in [0.29, 0.717) is 11.6 Å². The first-order valence-corrected chi connectivity index (χ1v) is 8.80. The summed E-state index contributed by atoms with van der Waals surface area (Å²) in [4.78, 5) is 19.5. The maximum Gasteiger partial charge on any atom is 0.367 e. The molecule has 0 unspecified atom stereocenters. The second-order valence-corrected chi connectivity index (χ2v) is 6.60. The predicted octanol–water partition coefficient (Wildman–Crippen LogP) is 4.07. The van der Waals surface area contributed by atoms with Gasteiger partial charge in [-0.15, -0.1) is 11.3 Å². The minimum absolute atomic E-state index is 0.330. The van der Waals surface area contributed by atoms with Crippen LogP contribution in [0.3, 0.4) is 0 Å². The summed E-state index contributed by atoms with van der Waals surface area (Å²) < 4.78 is 5.03. The molecule has 0 saturated heterocycles. The Morgan fingerprint density at radius 2 is 2.13 bits per heavy atom. The van der Waals surface area contributed by atoms with E-state index >= 15 is 0 Å². The summed E-state index contributed by atoms with van der Waals surface area (Å²) in [5.74, 6) is -0.330. The van der Waals surface area contributed by atoms with Crippen molar-refractivity contribution in [1.29, 1.82) is 0 Å². The van der Waals surface area contributed by atoms with Crippen LogP contribution in [0.4, 0.5) is 5.69 Å². The van der Waals surface area contributed by atoms with Crippen LogP contribution in [0.2, 0.25) is 0 Å². The van der Waals surface area contributed by atoms with Crippen LogP contribution in [0.5, 0.6) is 0 Å². The van der Waals surface area contributed by atoms with E-state index in [1.807, 2.05) is 6.92 Å². The Balaban J connectivity index is 2.16. The molecular weight excluding hydrogens is 308 g/mol. The number of hydrogen-bond acceptors (Lipinski definition) is 5. The molecule has 2 aromatic rings. The lowest BCUT2D eigenvalue weighted by Gasteiger charge is -2.19. The van der Waals surface area contributed by atoms with Gasteiger partial charge >= 0.3 is 5.97 Å². The van der Waals surface area contributed by atoms with Gasteiger partial charge in [0.15, 0.2) is 0 Å². The third-order valence-corrected chi connectivity index (χ3v) is 4.76. The van der Waals surface area contributed by atoms with E-state index in [4.69, 9.17) is 4.74 Å². The van der Waals surface area contributed by atoms with Crippen molar-refractivity contribution in [3.8, 4) is 0 Å². The van der Waals surface area contributed by atoms with Gasteiger partial charge in [0.1, 0.15) is 0 Å². The van der Waals surface area contributed by atoms with Crippen LogP contribution in [0.25, 0.3) is 0 Å². The quantitative estimate of drug-likeness (QED) is 0.717. The summed E-state index contributed by atoms with van der Waals surface area (Å²) in [6.45, 7) is 7.34. The molecule has 0 amide bonds. The number of carbonyl (C=O) groups is 1. The molecule has 0 bridgehead atoms. The topological polar surface area (TPSA) is 42.4 Å². The van der Waals surface area contributed by atoms with E-state index in [1.165, 1.54) is 22.6 Å². The van der Waals surface area contributed by atoms with Crippen molar-refractivity contribution >= 4 is 23.0 Å². The van der Waals surface area contributed by atoms with Gasteiger partial charge < -0.3 is 9.64 Å². The first-order valence-electron chi connectivity index (χ1n) is 7.98. The molecule has 0 saturated carbocycles. The fraction of sp³-hybridized carbons (Fsp3) is 0.444. The van der Waals surface area contributed by atoms with Crippen LogP contribution in [0, 0.1) is 6.92 Å². The largest absolute Gasteiger partial charge is 0.461 e. The van der Waals surface area contributed by atoms with Gasteiger partial charge in [-0.1, -0.05) is 19.1 Å². The van der Waals surface area contributed by atoms with E-state index in [1.54, 1.807) is 6.92 Å². The Bertz CT molecular complexity index is 667. The van der Waals surface area contributed by atoms with Gasteiger partial charge in [0.25, 0.3) is 0 Å². The molecule has 0 aliphatic carbocycles. The summed E-state index contributed by atoms with van der Waals surface area (Å²) in [5, 5.41) is 0.443. The highest BCUT2D eigenvalue weighted by Gasteiger charge is 2.15. The molecule has 0 N–H and O–H groups in total. The minimum atomic E-state index is -0.330. The highest BCUT2D eigenvalue weighted by atomic mass is 32.1. The van der Waals surface area contributed by atoms with Crippen LogP contribution in [-0.4, -0.2) is 31.2 Å². The van der Waals surface area contributed by atoms with E-state index in [9.17, 15) is 4.79 Å². The minimum Gasteiger partial charge on any atom is -0.461 e. The molecule has 23 heavy (non-hydrogen) atoms. The maximum absolute atomic E-state index is 11.8. The predicted molar refractivity (Wildman–Crippen MR) is 95.6 cm³/mol. The van der Waals surface area contributed by atoms with E-state index in [2.05, 4.69) is 48.1 Å². The highest BCUT2D eigenvalue weighted by Crippen LogP contribution is 2.24. The molecule has 1 aromatic heterocycles. The van der Waals surface area contributed by atoms with Crippen molar-refractivity contribution in [2.24, 2.45) is 0 Å². The van der Waals surface area contributed by atoms with Crippen LogP contribution in [0.15, 0.2) is 24.3 Å². The fourth-order valence-electron chi connectivity index (χ4n) is 2.43. The summed E-state index contributed by atoms with van der Waals surface area (Å²) >= 11 is 1.43. The Kier molecular flexibility index (Phi) is 6.16. The number of rotatable bonds is 7. The number of aromatic nitrogens is 1. The fourth-order valence-corrected chi connectivity index (χ4v) is 3.42. The number of esters is 1. The van der Waals surface area contributed by atoms with Crippen molar-refractivity contribution in [1.82, 2.24) is 4.98 Å². The van der Waals surface area contributed by atoms with Crippen molar-refractivity contribution in [3.05, 3.63) is 45.4 Å². The summed E-state index contributed by atoms with van der Waals surface area (Å²) in [6, 6.07) is 8.54. The molecule has 124 valence electrons. The zero-order valence-electron chi connectivity index (χ0n) is 14.3. The lowest BCUT2D eigenvalue weighted by Crippen LogP contribution is -2.17. The molecule has 0 fully saturated rings. The number of benzene rings is 1. The third-order valence-electron chi connectivity index (χ3n) is 3.62. The zero-order valence-corrected chi connectivity index (χ0v) is 15.1. The molecule has 0 aliphatic heterocycles. The van der Waals surface area contributed by atoms with Gasteiger partial charge in [-0.2, -0.15) is 0 Å². The monoisotopic (exact) mass is 332 g/mol. The number of aryl methyl sites for hydroxylation is 1. The van der Waals surface area contributed by atoms with Crippen molar-refractivity contribution in [2.45, 2.75) is 33.6 Å². The Labute approximate surface area is 142 Å². The van der Waals surface area contributed by atoms with Crippen molar-refractivity contribution in [3.63, 3.8) is 0 Å². The highest BCUT2D eigenvalue weighted by molar-refractivity contribution is 7.13. The zero-order chi connectivity index (χ0) is 16.8. The van der Waals surface area contributed by atoms with Gasteiger partial charge in [-0.05, 0) is 38.0 Å². The van der Waals surface area contributed by atoms with E-state index in [-0.39, 0.29) is 5.97 Å². The lowest BCUT2D eigenvalue weighted by atomic mass is 10.1. The molecule has 0 spiro atoms. The smallest absolute Gasteiger partial charge is 0.367 e. The van der Waals surface area contributed by atoms with Gasteiger partial charge in [-0.3, -0.25) is 0 Å². The summed E-state index contributed by atoms with van der Waals surface area (Å²) in [7, 11) is 2.11. The first-order chi connectivity index (χ1) is 11.0. The number of thiazole rings is 1. The molecule has 0 aliphatic rings.